The number of likely N-dealkylation sites (tertiary alicyclic amines) is 1. The summed E-state index contributed by atoms with van der Waals surface area (Å²) in [5, 5.41) is 18.5. The van der Waals surface area contributed by atoms with Crippen molar-refractivity contribution in [1.82, 2.24) is 19.7 Å². The summed E-state index contributed by atoms with van der Waals surface area (Å²) < 4.78 is 7.77. The van der Waals surface area contributed by atoms with E-state index in [0.29, 0.717) is 25.7 Å². The van der Waals surface area contributed by atoms with Gasteiger partial charge < -0.3 is 19.3 Å². The van der Waals surface area contributed by atoms with Gasteiger partial charge in [0.05, 0.1) is 19.3 Å². The number of hydrogen-bond donors (Lipinski definition) is 1. The summed E-state index contributed by atoms with van der Waals surface area (Å²) in [6.07, 6.45) is 3.50. The molecule has 0 aliphatic carbocycles. The maximum absolute atomic E-state index is 10.2. The molecule has 0 amide bonds. The zero-order valence-corrected chi connectivity index (χ0v) is 14.9. The Kier molecular flexibility index (Phi) is 6.55. The van der Waals surface area contributed by atoms with Gasteiger partial charge in [0.2, 0.25) is 0 Å². The van der Waals surface area contributed by atoms with Gasteiger partial charge in [-0.05, 0) is 38.4 Å². The van der Waals surface area contributed by atoms with Gasteiger partial charge in [0.25, 0.3) is 0 Å². The van der Waals surface area contributed by atoms with Gasteiger partial charge in [-0.25, -0.2) is 0 Å². The van der Waals surface area contributed by atoms with E-state index in [-0.39, 0.29) is 0 Å². The molecule has 1 saturated heterocycles. The number of benzene rings is 1. The molecule has 0 bridgehead atoms. The highest BCUT2D eigenvalue weighted by molar-refractivity contribution is 5.13. The SMILES string of the molecule is CCn1cnnc1C1CCN(CC(O)COCc2ccccc2)CC1. The molecule has 1 fully saturated rings. The lowest BCUT2D eigenvalue weighted by Gasteiger charge is -2.32. The second kappa shape index (κ2) is 9.08. The molecular formula is C19H28N4O2. The zero-order chi connectivity index (χ0) is 17.5. The van der Waals surface area contributed by atoms with Crippen LogP contribution in [0.25, 0.3) is 0 Å². The molecular weight excluding hydrogens is 316 g/mol. The molecule has 1 unspecified atom stereocenters. The van der Waals surface area contributed by atoms with Gasteiger partial charge >= 0.3 is 0 Å². The minimum atomic E-state index is -0.445. The van der Waals surface area contributed by atoms with Crippen LogP contribution >= 0.6 is 0 Å². The molecule has 1 atom stereocenters. The molecule has 6 heteroatoms. The topological polar surface area (TPSA) is 63.4 Å². The van der Waals surface area contributed by atoms with Gasteiger partial charge in [-0.3, -0.25) is 0 Å². The molecule has 1 aromatic carbocycles. The summed E-state index contributed by atoms with van der Waals surface area (Å²) in [4.78, 5) is 2.32. The first-order valence-corrected chi connectivity index (χ1v) is 9.16. The summed E-state index contributed by atoms with van der Waals surface area (Å²) >= 11 is 0. The third-order valence-corrected chi connectivity index (χ3v) is 4.83. The van der Waals surface area contributed by atoms with Crippen LogP contribution in [0.3, 0.4) is 0 Å². The van der Waals surface area contributed by atoms with Gasteiger partial charge in [0.1, 0.15) is 12.2 Å². The minimum absolute atomic E-state index is 0.374. The maximum atomic E-state index is 10.2. The van der Waals surface area contributed by atoms with Crippen molar-refractivity contribution >= 4 is 0 Å². The predicted octanol–water partition coefficient (Wildman–Crippen LogP) is 2.06. The Labute approximate surface area is 149 Å². The summed E-state index contributed by atoms with van der Waals surface area (Å²) in [6.45, 7) is 6.59. The van der Waals surface area contributed by atoms with E-state index >= 15 is 0 Å². The molecule has 136 valence electrons. The molecule has 1 N–H and O–H groups in total. The number of rotatable bonds is 8. The highest BCUT2D eigenvalue weighted by atomic mass is 16.5. The van der Waals surface area contributed by atoms with Crippen molar-refractivity contribution in [3.8, 4) is 0 Å². The van der Waals surface area contributed by atoms with Crippen LogP contribution in [-0.4, -0.2) is 57.1 Å². The van der Waals surface area contributed by atoms with E-state index in [2.05, 4.69) is 26.6 Å². The summed E-state index contributed by atoms with van der Waals surface area (Å²) in [5.74, 6) is 1.58. The standard InChI is InChI=1S/C19H28N4O2/c1-2-23-15-20-21-19(23)17-8-10-22(11-9-17)12-18(24)14-25-13-16-6-4-3-5-7-16/h3-7,15,17-18,24H,2,8-14H2,1H3. The van der Waals surface area contributed by atoms with Crippen LogP contribution in [0.4, 0.5) is 0 Å². The number of aryl methyl sites for hydroxylation is 1. The molecule has 25 heavy (non-hydrogen) atoms. The molecule has 1 aliphatic rings. The Morgan fingerprint density at radius 2 is 2.00 bits per heavy atom. The van der Waals surface area contributed by atoms with E-state index < -0.39 is 6.10 Å². The van der Waals surface area contributed by atoms with Crippen LogP contribution in [0.5, 0.6) is 0 Å². The highest BCUT2D eigenvalue weighted by Gasteiger charge is 2.25. The molecule has 6 nitrogen and oxygen atoms in total. The number of β-amino-alcohol motifs (C(OH)–C–C–N with tert-alkyl or cyclic N) is 1. The molecule has 3 rings (SSSR count). The van der Waals surface area contributed by atoms with Crippen molar-refractivity contribution in [3.05, 3.63) is 48.0 Å². The van der Waals surface area contributed by atoms with Crippen molar-refractivity contribution < 1.29 is 9.84 Å². The van der Waals surface area contributed by atoms with Crippen LogP contribution in [0.2, 0.25) is 0 Å². The van der Waals surface area contributed by atoms with Crippen molar-refractivity contribution in [3.63, 3.8) is 0 Å². The van der Waals surface area contributed by atoms with Gasteiger partial charge in [-0.15, -0.1) is 10.2 Å². The van der Waals surface area contributed by atoms with Gasteiger partial charge in [0.15, 0.2) is 0 Å². The lowest BCUT2D eigenvalue weighted by molar-refractivity contribution is 0.00603. The molecule has 1 aromatic heterocycles. The van der Waals surface area contributed by atoms with Crippen LogP contribution in [-0.2, 0) is 17.9 Å². The van der Waals surface area contributed by atoms with E-state index in [4.69, 9.17) is 4.74 Å². The van der Waals surface area contributed by atoms with Crippen LogP contribution in [0.15, 0.2) is 36.7 Å². The molecule has 0 radical (unpaired) electrons. The average Bonchev–Trinajstić information content (AvgIpc) is 3.12. The largest absolute Gasteiger partial charge is 0.389 e. The maximum Gasteiger partial charge on any atom is 0.135 e. The minimum Gasteiger partial charge on any atom is -0.389 e. The Morgan fingerprint density at radius 1 is 1.24 bits per heavy atom. The van der Waals surface area contributed by atoms with Gasteiger partial charge in [0, 0.05) is 19.0 Å². The lowest BCUT2D eigenvalue weighted by Crippen LogP contribution is -2.40. The Bertz CT molecular complexity index is 623. The Morgan fingerprint density at radius 3 is 2.72 bits per heavy atom. The quantitative estimate of drug-likeness (QED) is 0.794. The van der Waals surface area contributed by atoms with Crippen molar-refractivity contribution in [2.45, 2.75) is 44.9 Å². The fraction of sp³-hybridized carbons (Fsp3) is 0.579. The number of aliphatic hydroxyl groups is 1. The van der Waals surface area contributed by atoms with Crippen LogP contribution in [0.1, 0.15) is 37.1 Å². The van der Waals surface area contributed by atoms with Crippen molar-refractivity contribution in [2.24, 2.45) is 0 Å². The Hall–Kier alpha value is -1.76. The first-order chi connectivity index (χ1) is 12.3. The average molecular weight is 344 g/mol. The molecule has 1 aliphatic heterocycles. The number of ether oxygens (including phenoxy) is 1. The third-order valence-electron chi connectivity index (χ3n) is 4.83. The second-order valence-corrected chi connectivity index (χ2v) is 6.70. The van der Waals surface area contributed by atoms with E-state index in [9.17, 15) is 5.11 Å². The van der Waals surface area contributed by atoms with Crippen molar-refractivity contribution in [1.29, 1.82) is 0 Å². The number of aliphatic hydroxyl groups excluding tert-OH is 1. The number of piperidine rings is 1. The second-order valence-electron chi connectivity index (χ2n) is 6.70. The monoisotopic (exact) mass is 344 g/mol. The fourth-order valence-corrected chi connectivity index (χ4v) is 3.44. The first kappa shape index (κ1) is 18.0. The Balaban J connectivity index is 1.37. The summed E-state index contributed by atoms with van der Waals surface area (Å²) in [7, 11) is 0. The summed E-state index contributed by atoms with van der Waals surface area (Å²) in [5.41, 5.74) is 1.13. The smallest absolute Gasteiger partial charge is 0.135 e. The molecule has 2 aromatic rings. The normalized spacial score (nSPS) is 17.7. The fourth-order valence-electron chi connectivity index (χ4n) is 3.44. The van der Waals surface area contributed by atoms with E-state index in [1.54, 1.807) is 0 Å². The van der Waals surface area contributed by atoms with E-state index in [1.165, 1.54) is 0 Å². The zero-order valence-electron chi connectivity index (χ0n) is 14.9. The van der Waals surface area contributed by atoms with Crippen LogP contribution in [0, 0.1) is 0 Å². The summed E-state index contributed by atoms with van der Waals surface area (Å²) in [6, 6.07) is 10.1. The van der Waals surface area contributed by atoms with Gasteiger partial charge in [-0.1, -0.05) is 30.3 Å². The van der Waals surface area contributed by atoms with Crippen LogP contribution < -0.4 is 0 Å². The third kappa shape index (κ3) is 5.11. The predicted molar refractivity (Wildman–Crippen MR) is 96.2 cm³/mol. The van der Waals surface area contributed by atoms with Crippen molar-refractivity contribution in [2.75, 3.05) is 26.2 Å². The lowest BCUT2D eigenvalue weighted by atomic mass is 9.95. The number of hydrogen-bond acceptors (Lipinski definition) is 5. The molecule has 0 spiro atoms. The van der Waals surface area contributed by atoms with Gasteiger partial charge in [-0.2, -0.15) is 0 Å². The highest BCUT2D eigenvalue weighted by Crippen LogP contribution is 2.26. The van der Waals surface area contributed by atoms with E-state index in [0.717, 1.165) is 43.9 Å². The van der Waals surface area contributed by atoms with E-state index in [1.807, 2.05) is 36.7 Å². The first-order valence-electron chi connectivity index (χ1n) is 9.16. The number of nitrogens with zero attached hydrogens (tertiary/aromatic N) is 4. The number of aromatic nitrogens is 3. The molecule has 2 heterocycles. The molecule has 0 saturated carbocycles.